The molecule has 0 spiro atoms. The summed E-state index contributed by atoms with van der Waals surface area (Å²) >= 11 is 0. The van der Waals surface area contributed by atoms with Gasteiger partial charge in [0.05, 0.1) is 29.8 Å². The van der Waals surface area contributed by atoms with Crippen LogP contribution in [0.5, 0.6) is 11.5 Å². The predicted octanol–water partition coefficient (Wildman–Crippen LogP) is 6.63. The summed E-state index contributed by atoms with van der Waals surface area (Å²) in [6, 6.07) is 11.2. The molecule has 2 heterocycles. The molecule has 43 heavy (non-hydrogen) atoms. The highest BCUT2D eigenvalue weighted by atomic mass is 16.5. The smallest absolute Gasteiger partial charge is 0.311 e. The lowest BCUT2D eigenvalue weighted by molar-refractivity contribution is -0.154. The van der Waals surface area contributed by atoms with Gasteiger partial charge in [0.2, 0.25) is 0 Å². The van der Waals surface area contributed by atoms with Crippen LogP contribution in [0.25, 0.3) is 29.6 Å². The molecule has 0 saturated carbocycles. The van der Waals surface area contributed by atoms with Crippen molar-refractivity contribution in [2.45, 2.75) is 60.9 Å². The van der Waals surface area contributed by atoms with Crippen molar-refractivity contribution in [2.24, 2.45) is 10.8 Å². The van der Waals surface area contributed by atoms with Gasteiger partial charge in [-0.25, -0.2) is 0 Å². The number of ether oxygens (including phenoxy) is 3. The number of aromatic nitrogens is 1. The Hall–Kier alpha value is -4.26. The highest BCUT2D eigenvalue weighted by Crippen LogP contribution is 2.36. The van der Waals surface area contributed by atoms with Gasteiger partial charge in [-0.15, -0.1) is 0 Å². The van der Waals surface area contributed by atoms with Crippen molar-refractivity contribution in [1.29, 1.82) is 0 Å². The lowest BCUT2D eigenvalue weighted by Gasteiger charge is -2.26. The van der Waals surface area contributed by atoms with E-state index >= 15 is 0 Å². The van der Waals surface area contributed by atoms with Crippen LogP contribution in [0, 0.1) is 10.8 Å². The van der Waals surface area contributed by atoms with Crippen LogP contribution in [0.15, 0.2) is 55.3 Å². The molecule has 7 nitrogen and oxygen atoms in total. The molecule has 1 aliphatic rings. The number of hydrogen-bond donors (Lipinski definition) is 0. The van der Waals surface area contributed by atoms with Crippen LogP contribution >= 0.6 is 0 Å². The standard InChI is InChI=1S/C36H44N2O5/c1-11-35(7,8)26(6)41-19-18-38-24(4)30-16-14-28(22-32(30)33(38)39)43-27-13-15-29-23(3)37(25(5)31(29)21-27)17-20-42-34(40)36(9,10)12-2/h13-16,21-22H,3-6,11-12,17-20H2,1-2,7-10H3. The molecule has 1 aromatic heterocycles. The molecule has 0 unspecified atom stereocenters. The molecule has 0 radical (unpaired) electrons. The van der Waals surface area contributed by atoms with E-state index in [1.165, 1.54) is 0 Å². The summed E-state index contributed by atoms with van der Waals surface area (Å²) in [5.74, 6) is 1.52. The molecule has 0 bridgehead atoms. The molecule has 228 valence electrons. The normalized spacial score (nSPS) is 13.4. The second-order valence-corrected chi connectivity index (χ2v) is 12.3. The van der Waals surface area contributed by atoms with Crippen LogP contribution in [-0.2, 0) is 20.8 Å². The minimum atomic E-state index is -0.516. The average molecular weight is 585 g/mol. The molecule has 1 aliphatic heterocycles. The van der Waals surface area contributed by atoms with Crippen molar-refractivity contribution >= 4 is 41.5 Å². The third kappa shape index (κ3) is 6.26. The summed E-state index contributed by atoms with van der Waals surface area (Å²) in [5, 5.41) is 3.40. The van der Waals surface area contributed by atoms with Gasteiger partial charge in [-0.2, -0.15) is 0 Å². The molecule has 0 saturated heterocycles. The van der Waals surface area contributed by atoms with Crippen molar-refractivity contribution in [3.8, 4) is 11.5 Å². The number of fused-ring (bicyclic) bond motifs is 2. The van der Waals surface area contributed by atoms with E-state index in [1.54, 1.807) is 11.0 Å². The van der Waals surface area contributed by atoms with Gasteiger partial charge < -0.3 is 23.7 Å². The van der Waals surface area contributed by atoms with Gasteiger partial charge in [0.1, 0.15) is 24.7 Å². The van der Waals surface area contributed by atoms with Gasteiger partial charge in [0.25, 0.3) is 5.91 Å². The van der Waals surface area contributed by atoms with Crippen molar-refractivity contribution in [1.82, 2.24) is 9.47 Å². The fourth-order valence-electron chi connectivity index (χ4n) is 4.82. The van der Waals surface area contributed by atoms with Crippen LogP contribution in [0.4, 0.5) is 0 Å². The third-order valence-electron chi connectivity index (χ3n) is 8.82. The summed E-state index contributed by atoms with van der Waals surface area (Å²) in [6.07, 6.45) is 1.62. The van der Waals surface area contributed by atoms with Crippen molar-refractivity contribution in [2.75, 3.05) is 19.8 Å². The summed E-state index contributed by atoms with van der Waals surface area (Å²) in [4.78, 5) is 27.3. The highest BCUT2D eigenvalue weighted by molar-refractivity contribution is 6.09. The van der Waals surface area contributed by atoms with E-state index in [-0.39, 0.29) is 23.9 Å². The van der Waals surface area contributed by atoms with Gasteiger partial charge in [-0.3, -0.25) is 9.59 Å². The van der Waals surface area contributed by atoms with Crippen molar-refractivity contribution < 1.29 is 23.8 Å². The van der Waals surface area contributed by atoms with Gasteiger partial charge in [0.15, 0.2) is 0 Å². The Balaban J connectivity index is 1.45. The van der Waals surface area contributed by atoms with Crippen LogP contribution in [0.2, 0.25) is 0 Å². The molecular formula is C36H44N2O5. The number of carbonyl (C=O) groups is 2. The van der Waals surface area contributed by atoms with E-state index in [2.05, 4.69) is 47.1 Å². The maximum atomic E-state index is 13.3. The highest BCUT2D eigenvalue weighted by Gasteiger charge is 2.32. The molecular weight excluding hydrogens is 540 g/mol. The Morgan fingerprint density at radius 3 is 2.07 bits per heavy atom. The first-order valence-corrected chi connectivity index (χ1v) is 14.8. The maximum Gasteiger partial charge on any atom is 0.311 e. The largest absolute Gasteiger partial charge is 0.496 e. The zero-order valence-corrected chi connectivity index (χ0v) is 26.5. The number of carbonyl (C=O) groups excluding carboxylic acids is 2. The zero-order valence-electron chi connectivity index (χ0n) is 26.5. The minimum absolute atomic E-state index is 0.128. The van der Waals surface area contributed by atoms with Crippen LogP contribution < -0.4 is 15.4 Å². The Bertz CT molecular complexity index is 1690. The number of esters is 1. The lowest BCUT2D eigenvalue weighted by atomic mass is 9.88. The number of benzene rings is 2. The maximum absolute atomic E-state index is 13.3. The molecule has 0 atom stereocenters. The van der Waals surface area contributed by atoms with E-state index in [0.717, 1.165) is 33.5 Å². The molecule has 1 amide bonds. The average Bonchev–Trinajstić information content (AvgIpc) is 3.36. The second-order valence-electron chi connectivity index (χ2n) is 12.3. The molecule has 7 heteroatoms. The SMILES string of the molecule is C=C1c2ccc(Oc3ccc4c(=C)n(CCOC(=O)C(C)(C)CC)c(=C)c4c3)cc2C(=O)N1CCOC(=C)C(C)(C)CC. The summed E-state index contributed by atoms with van der Waals surface area (Å²) in [6.45, 7) is 30.1. The van der Waals surface area contributed by atoms with Gasteiger partial charge >= 0.3 is 5.97 Å². The number of amides is 1. The zero-order chi connectivity index (χ0) is 31.7. The minimum Gasteiger partial charge on any atom is -0.496 e. The number of hydrogen-bond acceptors (Lipinski definition) is 5. The lowest BCUT2D eigenvalue weighted by Crippen LogP contribution is -2.31. The van der Waals surface area contributed by atoms with Crippen LogP contribution in [0.3, 0.4) is 0 Å². The molecule has 0 aliphatic carbocycles. The number of rotatable bonds is 13. The summed E-state index contributed by atoms with van der Waals surface area (Å²) in [5.41, 5.74) is 1.32. The first-order chi connectivity index (χ1) is 20.2. The van der Waals surface area contributed by atoms with E-state index in [9.17, 15) is 9.59 Å². The van der Waals surface area contributed by atoms with E-state index < -0.39 is 5.41 Å². The van der Waals surface area contributed by atoms with Gasteiger partial charge in [-0.05, 0) is 63.1 Å². The Morgan fingerprint density at radius 1 is 0.791 bits per heavy atom. The molecule has 2 aromatic carbocycles. The number of allylic oxidation sites excluding steroid dienone is 1. The van der Waals surface area contributed by atoms with Crippen molar-refractivity contribution in [3.05, 3.63) is 77.1 Å². The Morgan fingerprint density at radius 2 is 1.40 bits per heavy atom. The van der Waals surface area contributed by atoms with Gasteiger partial charge in [0, 0.05) is 38.1 Å². The molecule has 3 aromatic rings. The van der Waals surface area contributed by atoms with Crippen LogP contribution in [0.1, 0.15) is 70.3 Å². The van der Waals surface area contributed by atoms with Crippen molar-refractivity contribution in [3.63, 3.8) is 0 Å². The monoisotopic (exact) mass is 584 g/mol. The van der Waals surface area contributed by atoms with E-state index in [4.69, 9.17) is 14.2 Å². The fourth-order valence-corrected chi connectivity index (χ4v) is 4.82. The first-order valence-electron chi connectivity index (χ1n) is 14.8. The Kier molecular flexibility index (Phi) is 8.95. The van der Waals surface area contributed by atoms with E-state index in [1.807, 2.05) is 55.7 Å². The summed E-state index contributed by atoms with van der Waals surface area (Å²) < 4.78 is 19.6. The number of nitrogens with zero attached hydrogens (tertiary/aromatic N) is 2. The Labute approximate surface area is 254 Å². The molecule has 4 rings (SSSR count). The third-order valence-corrected chi connectivity index (χ3v) is 8.82. The second kappa shape index (κ2) is 12.2. The van der Waals surface area contributed by atoms with Crippen LogP contribution in [-0.4, -0.2) is 41.1 Å². The quantitative estimate of drug-likeness (QED) is 0.167. The first kappa shape index (κ1) is 31.7. The summed E-state index contributed by atoms with van der Waals surface area (Å²) in [7, 11) is 0. The van der Waals surface area contributed by atoms with E-state index in [0.29, 0.717) is 54.6 Å². The topological polar surface area (TPSA) is 70.0 Å². The van der Waals surface area contributed by atoms with Gasteiger partial charge in [-0.1, -0.05) is 54.0 Å². The molecule has 0 fully saturated rings. The molecule has 0 N–H and O–H groups in total. The fraction of sp³-hybridized carbons (Fsp3) is 0.389. The predicted molar refractivity (Wildman–Crippen MR) is 173 cm³/mol.